The van der Waals surface area contributed by atoms with E-state index in [-0.39, 0.29) is 5.97 Å². The molecule has 1 aromatic heterocycles. The van der Waals surface area contributed by atoms with Gasteiger partial charge in [0.25, 0.3) is 0 Å². The second kappa shape index (κ2) is 7.82. The van der Waals surface area contributed by atoms with Crippen molar-refractivity contribution in [2.45, 2.75) is 19.4 Å². The minimum absolute atomic E-state index is 0.144. The maximum absolute atomic E-state index is 11.0. The predicted molar refractivity (Wildman–Crippen MR) is 82.7 cm³/mol. The number of ether oxygens (including phenoxy) is 1. The van der Waals surface area contributed by atoms with Gasteiger partial charge in [0, 0.05) is 22.7 Å². The van der Waals surface area contributed by atoms with Crippen LogP contribution in [0.3, 0.4) is 0 Å². The van der Waals surface area contributed by atoms with Crippen LogP contribution in [0.4, 0.5) is 0 Å². The topological polar surface area (TPSA) is 38.3 Å². The maximum atomic E-state index is 11.0. The summed E-state index contributed by atoms with van der Waals surface area (Å²) in [7, 11) is 1.42. The van der Waals surface area contributed by atoms with Crippen LogP contribution in [0.15, 0.2) is 42.5 Å². The minimum atomic E-state index is -0.144. The van der Waals surface area contributed by atoms with Crippen LogP contribution < -0.4 is 5.32 Å². The molecule has 1 aromatic carbocycles. The first kappa shape index (κ1) is 14.8. The van der Waals surface area contributed by atoms with Gasteiger partial charge in [0.2, 0.25) is 0 Å². The molecule has 4 heteroatoms. The number of hydrogen-bond acceptors (Lipinski definition) is 4. The maximum Gasteiger partial charge on any atom is 0.305 e. The van der Waals surface area contributed by atoms with Crippen LogP contribution in [0, 0.1) is 0 Å². The monoisotopic (exact) mass is 289 g/mol. The Morgan fingerprint density at radius 3 is 2.75 bits per heavy atom. The molecule has 0 saturated carbocycles. The lowest BCUT2D eigenvalue weighted by Crippen LogP contribution is -2.15. The number of carbonyl (C=O) groups excluding carboxylic acids is 1. The van der Waals surface area contributed by atoms with Crippen LogP contribution in [0.2, 0.25) is 0 Å². The summed E-state index contributed by atoms with van der Waals surface area (Å²) in [5.74, 6) is -0.144. The van der Waals surface area contributed by atoms with E-state index in [0.29, 0.717) is 6.42 Å². The van der Waals surface area contributed by atoms with Crippen molar-refractivity contribution < 1.29 is 9.53 Å². The Labute approximate surface area is 123 Å². The SMILES string of the molecule is COC(=O)CCCNCc1ccc(-c2ccccc2)s1. The van der Waals surface area contributed by atoms with E-state index in [0.717, 1.165) is 19.5 Å². The molecule has 2 rings (SSSR count). The summed E-state index contributed by atoms with van der Waals surface area (Å²) in [5, 5.41) is 3.35. The minimum Gasteiger partial charge on any atom is -0.469 e. The molecule has 106 valence electrons. The van der Waals surface area contributed by atoms with Gasteiger partial charge >= 0.3 is 5.97 Å². The molecule has 0 unspecified atom stereocenters. The average molecular weight is 289 g/mol. The summed E-state index contributed by atoms with van der Waals surface area (Å²) in [6.45, 7) is 1.67. The van der Waals surface area contributed by atoms with E-state index in [1.807, 2.05) is 6.07 Å². The van der Waals surface area contributed by atoms with Gasteiger partial charge in [-0.3, -0.25) is 4.79 Å². The first-order valence-corrected chi connectivity index (χ1v) is 7.53. The van der Waals surface area contributed by atoms with Crippen LogP contribution in [-0.4, -0.2) is 19.6 Å². The fraction of sp³-hybridized carbons (Fsp3) is 0.312. The van der Waals surface area contributed by atoms with Gasteiger partial charge in [-0.15, -0.1) is 11.3 Å². The zero-order valence-electron chi connectivity index (χ0n) is 11.6. The van der Waals surface area contributed by atoms with Crippen molar-refractivity contribution >= 4 is 17.3 Å². The lowest BCUT2D eigenvalue weighted by atomic mass is 10.2. The van der Waals surface area contributed by atoms with Crippen molar-refractivity contribution in [1.82, 2.24) is 5.32 Å². The summed E-state index contributed by atoms with van der Waals surface area (Å²) in [6, 6.07) is 14.7. The third-order valence-electron chi connectivity index (χ3n) is 2.98. The fourth-order valence-electron chi connectivity index (χ4n) is 1.90. The zero-order chi connectivity index (χ0) is 14.2. The molecule has 0 atom stereocenters. The molecule has 0 amide bonds. The Morgan fingerprint density at radius 1 is 1.20 bits per heavy atom. The number of methoxy groups -OCH3 is 1. The van der Waals surface area contributed by atoms with Crippen molar-refractivity contribution in [2.24, 2.45) is 0 Å². The Bertz CT molecular complexity index is 536. The van der Waals surface area contributed by atoms with Gasteiger partial charge < -0.3 is 10.1 Å². The van der Waals surface area contributed by atoms with E-state index in [9.17, 15) is 4.79 Å². The average Bonchev–Trinajstić information content (AvgIpc) is 2.96. The van der Waals surface area contributed by atoms with Crippen LogP contribution in [0.1, 0.15) is 17.7 Å². The van der Waals surface area contributed by atoms with Crippen molar-refractivity contribution in [3.05, 3.63) is 47.3 Å². The predicted octanol–water partition coefficient (Wildman–Crippen LogP) is 3.46. The lowest BCUT2D eigenvalue weighted by Gasteiger charge is -2.02. The highest BCUT2D eigenvalue weighted by Crippen LogP contribution is 2.27. The van der Waals surface area contributed by atoms with Crippen LogP contribution in [-0.2, 0) is 16.1 Å². The Hall–Kier alpha value is -1.65. The number of hydrogen-bond donors (Lipinski definition) is 1. The molecule has 0 bridgehead atoms. The van der Waals surface area contributed by atoms with Crippen molar-refractivity contribution in [2.75, 3.05) is 13.7 Å². The molecule has 2 aromatic rings. The highest BCUT2D eigenvalue weighted by atomic mass is 32.1. The van der Waals surface area contributed by atoms with Gasteiger partial charge in [0.1, 0.15) is 0 Å². The molecule has 0 aliphatic carbocycles. The largest absolute Gasteiger partial charge is 0.469 e. The zero-order valence-corrected chi connectivity index (χ0v) is 12.4. The van der Waals surface area contributed by atoms with Gasteiger partial charge in [0.05, 0.1) is 7.11 Å². The van der Waals surface area contributed by atoms with Crippen LogP contribution in [0.5, 0.6) is 0 Å². The van der Waals surface area contributed by atoms with E-state index < -0.39 is 0 Å². The Kier molecular flexibility index (Phi) is 5.77. The van der Waals surface area contributed by atoms with E-state index in [4.69, 9.17) is 0 Å². The smallest absolute Gasteiger partial charge is 0.305 e. The summed E-state index contributed by atoms with van der Waals surface area (Å²) >= 11 is 1.80. The van der Waals surface area contributed by atoms with E-state index >= 15 is 0 Å². The summed E-state index contributed by atoms with van der Waals surface area (Å²) < 4.78 is 4.60. The molecule has 0 aliphatic rings. The Morgan fingerprint density at radius 2 is 2.00 bits per heavy atom. The van der Waals surface area contributed by atoms with Crippen molar-refractivity contribution in [3.63, 3.8) is 0 Å². The number of esters is 1. The molecule has 1 N–H and O–H groups in total. The molecule has 0 saturated heterocycles. The van der Waals surface area contributed by atoms with Crippen molar-refractivity contribution in [3.8, 4) is 10.4 Å². The van der Waals surface area contributed by atoms with E-state index in [1.165, 1.54) is 22.4 Å². The highest BCUT2D eigenvalue weighted by Gasteiger charge is 2.03. The number of benzene rings is 1. The number of thiophene rings is 1. The molecule has 3 nitrogen and oxygen atoms in total. The molecule has 0 fully saturated rings. The third-order valence-corrected chi connectivity index (χ3v) is 4.12. The van der Waals surface area contributed by atoms with Gasteiger partial charge in [-0.25, -0.2) is 0 Å². The van der Waals surface area contributed by atoms with E-state index in [2.05, 4.69) is 46.5 Å². The summed E-state index contributed by atoms with van der Waals surface area (Å²) in [5.41, 5.74) is 1.26. The second-order valence-electron chi connectivity index (χ2n) is 4.49. The highest BCUT2D eigenvalue weighted by molar-refractivity contribution is 7.15. The lowest BCUT2D eigenvalue weighted by molar-refractivity contribution is -0.140. The molecule has 0 radical (unpaired) electrons. The number of rotatable bonds is 7. The summed E-state index contributed by atoms with van der Waals surface area (Å²) in [4.78, 5) is 13.6. The molecular formula is C16H19NO2S. The quantitative estimate of drug-likeness (QED) is 0.626. The molecule has 0 aliphatic heterocycles. The second-order valence-corrected chi connectivity index (χ2v) is 5.66. The fourth-order valence-corrected chi connectivity index (χ4v) is 2.88. The molecular weight excluding hydrogens is 270 g/mol. The van der Waals surface area contributed by atoms with Crippen LogP contribution in [0.25, 0.3) is 10.4 Å². The first-order chi connectivity index (χ1) is 9.79. The molecule has 0 spiro atoms. The summed E-state index contributed by atoms with van der Waals surface area (Å²) in [6.07, 6.45) is 1.28. The van der Waals surface area contributed by atoms with Crippen LogP contribution >= 0.6 is 11.3 Å². The van der Waals surface area contributed by atoms with Gasteiger partial charge in [-0.1, -0.05) is 30.3 Å². The normalized spacial score (nSPS) is 10.4. The first-order valence-electron chi connectivity index (χ1n) is 6.71. The van der Waals surface area contributed by atoms with Gasteiger partial charge in [0.15, 0.2) is 0 Å². The van der Waals surface area contributed by atoms with Gasteiger partial charge in [-0.05, 0) is 30.7 Å². The van der Waals surface area contributed by atoms with Gasteiger partial charge in [-0.2, -0.15) is 0 Å². The number of nitrogens with one attached hydrogen (secondary N) is 1. The molecule has 1 heterocycles. The Balaban J connectivity index is 1.75. The van der Waals surface area contributed by atoms with E-state index in [1.54, 1.807) is 11.3 Å². The van der Waals surface area contributed by atoms with Crippen molar-refractivity contribution in [1.29, 1.82) is 0 Å². The third kappa shape index (κ3) is 4.47. The number of carbonyl (C=O) groups is 1. The standard InChI is InChI=1S/C16H19NO2S/c1-19-16(18)8-5-11-17-12-14-9-10-15(20-14)13-6-3-2-4-7-13/h2-4,6-7,9-10,17H,5,8,11-12H2,1H3. The molecule has 20 heavy (non-hydrogen) atoms.